The molecule has 33 heavy (non-hydrogen) atoms. The van der Waals surface area contributed by atoms with Crippen molar-refractivity contribution in [3.8, 4) is 11.5 Å². The van der Waals surface area contributed by atoms with Crippen molar-refractivity contribution in [2.24, 2.45) is 0 Å². The van der Waals surface area contributed by atoms with Gasteiger partial charge in [-0.1, -0.05) is 0 Å². The summed E-state index contributed by atoms with van der Waals surface area (Å²) < 4.78 is 14.7. The molecule has 0 saturated carbocycles. The minimum atomic E-state index is -0.189. The van der Waals surface area contributed by atoms with Gasteiger partial charge in [0, 0.05) is 49.1 Å². The number of rotatable bonds is 6. The number of piperidine rings is 1. The molecular formula is C24H30N6O3. The van der Waals surface area contributed by atoms with Gasteiger partial charge in [0.05, 0.1) is 17.9 Å². The molecule has 9 heteroatoms. The van der Waals surface area contributed by atoms with Crippen molar-refractivity contribution in [1.29, 1.82) is 0 Å². The number of hydrogen-bond donors (Lipinski definition) is 1. The number of benzene rings is 1. The molecule has 3 aromatic rings. The first kappa shape index (κ1) is 21.5. The molecule has 4 heterocycles. The number of carbonyl (C=O) groups is 1. The van der Waals surface area contributed by atoms with Crippen LogP contribution in [0.15, 0.2) is 30.5 Å². The van der Waals surface area contributed by atoms with Crippen LogP contribution in [0.1, 0.15) is 53.1 Å². The average molecular weight is 451 g/mol. The molecule has 0 aliphatic carbocycles. The van der Waals surface area contributed by atoms with E-state index in [9.17, 15) is 4.79 Å². The number of aromatic nitrogens is 4. The molecular weight excluding hydrogens is 420 g/mol. The molecule has 2 aliphatic heterocycles. The van der Waals surface area contributed by atoms with Gasteiger partial charge in [-0.05, 0) is 51.8 Å². The van der Waals surface area contributed by atoms with Crippen LogP contribution in [-0.2, 0) is 13.1 Å². The van der Waals surface area contributed by atoms with E-state index in [1.165, 1.54) is 11.3 Å². The Morgan fingerprint density at radius 2 is 1.94 bits per heavy atom. The number of fused-ring (bicyclic) bond motifs is 1. The second-order valence-electron chi connectivity index (χ2n) is 8.66. The Morgan fingerprint density at radius 3 is 2.70 bits per heavy atom. The molecule has 1 saturated heterocycles. The van der Waals surface area contributed by atoms with E-state index < -0.39 is 0 Å². The first-order valence-electron chi connectivity index (χ1n) is 11.5. The number of likely N-dealkylation sites (tertiary alicyclic amines) is 1. The van der Waals surface area contributed by atoms with Crippen molar-refractivity contribution in [1.82, 2.24) is 24.5 Å². The Bertz CT molecular complexity index is 1160. The summed E-state index contributed by atoms with van der Waals surface area (Å²) in [4.78, 5) is 15.3. The van der Waals surface area contributed by atoms with Crippen LogP contribution in [0.3, 0.4) is 0 Å². The molecule has 1 N–H and O–H groups in total. The highest BCUT2D eigenvalue weighted by atomic mass is 16.7. The zero-order valence-electron chi connectivity index (χ0n) is 19.4. The minimum absolute atomic E-state index is 0.186. The van der Waals surface area contributed by atoms with E-state index in [1.54, 1.807) is 24.4 Å². The fraction of sp³-hybridized carbons (Fsp3) is 0.458. The highest BCUT2D eigenvalue weighted by molar-refractivity contribution is 6.04. The molecule has 0 bridgehead atoms. The van der Waals surface area contributed by atoms with Crippen molar-refractivity contribution in [2.75, 3.05) is 25.2 Å². The van der Waals surface area contributed by atoms with Gasteiger partial charge < -0.3 is 14.8 Å². The summed E-state index contributed by atoms with van der Waals surface area (Å²) in [5, 5.41) is 12.2. The lowest BCUT2D eigenvalue weighted by molar-refractivity contribution is 0.102. The van der Waals surface area contributed by atoms with Gasteiger partial charge in [-0.25, -0.2) is 4.68 Å². The molecule has 0 radical (unpaired) electrons. The lowest BCUT2D eigenvalue weighted by Gasteiger charge is -2.32. The number of anilines is 1. The Hall–Kier alpha value is -3.33. The van der Waals surface area contributed by atoms with Gasteiger partial charge in [0.25, 0.3) is 5.91 Å². The maximum Gasteiger partial charge on any atom is 0.256 e. The summed E-state index contributed by atoms with van der Waals surface area (Å²) in [5.74, 6) is 1.78. The fourth-order valence-electron chi connectivity index (χ4n) is 4.75. The van der Waals surface area contributed by atoms with E-state index in [0.717, 1.165) is 44.7 Å². The maximum atomic E-state index is 12.8. The van der Waals surface area contributed by atoms with Gasteiger partial charge in [-0.15, -0.1) is 0 Å². The lowest BCUT2D eigenvalue weighted by Crippen LogP contribution is -2.35. The SMILES string of the molecule is CCn1nc(C)c(CN2CCC(n3nccc3NC(=O)c3ccc4c(c3)OCO4)CC2)c1C. The second-order valence-corrected chi connectivity index (χ2v) is 8.66. The Balaban J connectivity index is 1.21. The average Bonchev–Trinajstić information content (AvgIpc) is 3.55. The number of nitrogens with zero attached hydrogens (tertiary/aromatic N) is 5. The predicted molar refractivity (Wildman–Crippen MR) is 124 cm³/mol. The highest BCUT2D eigenvalue weighted by Crippen LogP contribution is 2.33. The Morgan fingerprint density at radius 1 is 1.15 bits per heavy atom. The van der Waals surface area contributed by atoms with E-state index in [1.807, 2.05) is 10.7 Å². The summed E-state index contributed by atoms with van der Waals surface area (Å²) in [6, 6.07) is 7.32. The second kappa shape index (κ2) is 8.90. The molecule has 9 nitrogen and oxygen atoms in total. The fourth-order valence-corrected chi connectivity index (χ4v) is 4.75. The largest absolute Gasteiger partial charge is 0.454 e. The Kier molecular flexibility index (Phi) is 5.80. The van der Waals surface area contributed by atoms with Gasteiger partial charge in [-0.2, -0.15) is 10.2 Å². The molecule has 0 unspecified atom stereocenters. The van der Waals surface area contributed by atoms with Crippen molar-refractivity contribution >= 4 is 11.7 Å². The zero-order valence-corrected chi connectivity index (χ0v) is 19.4. The summed E-state index contributed by atoms with van der Waals surface area (Å²) in [6.07, 6.45) is 3.71. The Labute approximate surface area is 193 Å². The third-order valence-electron chi connectivity index (χ3n) is 6.66. The van der Waals surface area contributed by atoms with E-state index in [4.69, 9.17) is 9.47 Å². The van der Waals surface area contributed by atoms with Crippen molar-refractivity contribution in [3.63, 3.8) is 0 Å². The van der Waals surface area contributed by atoms with Crippen LogP contribution in [0, 0.1) is 13.8 Å². The van der Waals surface area contributed by atoms with E-state index in [0.29, 0.717) is 22.9 Å². The van der Waals surface area contributed by atoms with Crippen LogP contribution in [0.2, 0.25) is 0 Å². The maximum absolute atomic E-state index is 12.8. The quantitative estimate of drug-likeness (QED) is 0.618. The standard InChI is InChI=1S/C24H30N6O3/c1-4-29-17(3)20(16(2)27-29)14-28-11-8-19(9-12-28)30-23(7-10-25-30)26-24(31)18-5-6-21-22(13-18)33-15-32-21/h5-7,10,13,19H,4,8-9,11-12,14-15H2,1-3H3,(H,26,31). The van der Waals surface area contributed by atoms with Crippen molar-refractivity contribution in [3.05, 3.63) is 53.0 Å². The number of aryl methyl sites for hydroxylation is 2. The number of ether oxygens (including phenoxy) is 2. The smallest absolute Gasteiger partial charge is 0.256 e. The molecule has 0 atom stereocenters. The van der Waals surface area contributed by atoms with Gasteiger partial charge in [0.1, 0.15) is 5.82 Å². The molecule has 1 fully saturated rings. The summed E-state index contributed by atoms with van der Waals surface area (Å²) in [5.41, 5.74) is 4.25. The number of amides is 1. The topological polar surface area (TPSA) is 86.4 Å². The summed E-state index contributed by atoms with van der Waals surface area (Å²) >= 11 is 0. The molecule has 0 spiro atoms. The molecule has 5 rings (SSSR count). The highest BCUT2D eigenvalue weighted by Gasteiger charge is 2.25. The van der Waals surface area contributed by atoms with Gasteiger partial charge >= 0.3 is 0 Å². The monoisotopic (exact) mass is 450 g/mol. The summed E-state index contributed by atoms with van der Waals surface area (Å²) in [6.45, 7) is 10.4. The number of carbonyl (C=O) groups excluding carboxylic acids is 1. The van der Waals surface area contributed by atoms with Crippen LogP contribution in [0.4, 0.5) is 5.82 Å². The van der Waals surface area contributed by atoms with Crippen LogP contribution in [0.25, 0.3) is 0 Å². The molecule has 1 amide bonds. The van der Waals surface area contributed by atoms with E-state index >= 15 is 0 Å². The first-order chi connectivity index (χ1) is 16.0. The third kappa shape index (κ3) is 4.20. The minimum Gasteiger partial charge on any atom is -0.454 e. The van der Waals surface area contributed by atoms with Crippen LogP contribution < -0.4 is 14.8 Å². The zero-order chi connectivity index (χ0) is 22.9. The molecule has 174 valence electrons. The summed E-state index contributed by atoms with van der Waals surface area (Å²) in [7, 11) is 0. The normalized spacial score (nSPS) is 16.3. The molecule has 2 aliphatic rings. The number of hydrogen-bond acceptors (Lipinski definition) is 6. The van der Waals surface area contributed by atoms with Crippen LogP contribution in [0.5, 0.6) is 11.5 Å². The van der Waals surface area contributed by atoms with Crippen molar-refractivity contribution < 1.29 is 14.3 Å². The predicted octanol–water partition coefficient (Wildman–Crippen LogP) is 3.53. The van der Waals surface area contributed by atoms with Gasteiger partial charge in [-0.3, -0.25) is 14.4 Å². The van der Waals surface area contributed by atoms with Crippen LogP contribution >= 0.6 is 0 Å². The lowest BCUT2D eigenvalue weighted by atomic mass is 10.0. The third-order valence-corrected chi connectivity index (χ3v) is 6.66. The van der Waals surface area contributed by atoms with E-state index in [2.05, 4.69) is 45.9 Å². The first-order valence-corrected chi connectivity index (χ1v) is 11.5. The van der Waals surface area contributed by atoms with Crippen LogP contribution in [-0.4, -0.2) is 50.3 Å². The molecule has 1 aromatic carbocycles. The van der Waals surface area contributed by atoms with Gasteiger partial charge in [0.15, 0.2) is 11.5 Å². The van der Waals surface area contributed by atoms with E-state index in [-0.39, 0.29) is 18.7 Å². The van der Waals surface area contributed by atoms with Gasteiger partial charge in [0.2, 0.25) is 6.79 Å². The molecule has 2 aromatic heterocycles. The van der Waals surface area contributed by atoms with Crippen molar-refractivity contribution in [2.45, 2.75) is 52.7 Å². The number of nitrogens with one attached hydrogen (secondary N) is 1.